The van der Waals surface area contributed by atoms with Gasteiger partial charge in [0.1, 0.15) is 17.1 Å². The Balaban J connectivity index is 1.72. The molecule has 1 heterocycles. The molecule has 31 heavy (non-hydrogen) atoms. The first-order valence-electron chi connectivity index (χ1n) is 9.36. The summed E-state index contributed by atoms with van der Waals surface area (Å²) in [5.41, 5.74) is 0.0278. The van der Waals surface area contributed by atoms with Gasteiger partial charge in [-0.15, -0.1) is 0 Å². The number of rotatable bonds is 5. The molecule has 1 unspecified atom stereocenters. The van der Waals surface area contributed by atoms with Crippen LogP contribution >= 0.6 is 0 Å². The first kappa shape index (κ1) is 22.9. The molecule has 11 heteroatoms. The lowest BCUT2D eigenvalue weighted by atomic mass is 10.2. The zero-order valence-electron chi connectivity index (χ0n) is 16.6. The van der Waals surface area contributed by atoms with Crippen LogP contribution < -0.4 is 0 Å². The van der Waals surface area contributed by atoms with Crippen LogP contribution in [0.4, 0.5) is 4.39 Å². The van der Waals surface area contributed by atoms with Crippen molar-refractivity contribution < 1.29 is 26.0 Å². The third-order valence-corrected chi connectivity index (χ3v) is 9.15. The summed E-state index contributed by atoms with van der Waals surface area (Å²) in [5, 5.41) is 7.78. The Morgan fingerprint density at radius 2 is 1.58 bits per heavy atom. The van der Waals surface area contributed by atoms with E-state index in [1.165, 1.54) is 34.3 Å². The van der Waals surface area contributed by atoms with Gasteiger partial charge in [0.05, 0.1) is 15.4 Å². The molecule has 0 spiro atoms. The molecule has 0 aromatic heterocycles. The quantitative estimate of drug-likeness (QED) is 0.617. The fourth-order valence-electron chi connectivity index (χ4n) is 3.29. The first-order chi connectivity index (χ1) is 14.6. The number of carbonyl (C=O) groups is 1. The number of benzene rings is 2. The summed E-state index contributed by atoms with van der Waals surface area (Å²) in [6.45, 7) is 1.22. The van der Waals surface area contributed by atoms with E-state index < -0.39 is 36.8 Å². The first-order valence-corrected chi connectivity index (χ1v) is 12.3. The highest BCUT2D eigenvalue weighted by Gasteiger charge is 2.36. The average molecular weight is 466 g/mol. The minimum Gasteiger partial charge on any atom is -0.339 e. The standard InChI is InChI=1S/C20H20FN3O5S2/c1-15(30(26,27)18-8-6-17(21)7-9-18)20(25)23-10-12-24(13-11-23)31(28,29)19-5-3-2-4-16(19)14-22/h2-9,15H,10-13H2,1H3. The van der Waals surface area contributed by atoms with Crippen molar-refractivity contribution in [2.45, 2.75) is 22.0 Å². The minimum atomic E-state index is -4.02. The van der Waals surface area contributed by atoms with E-state index in [4.69, 9.17) is 0 Å². The maximum Gasteiger partial charge on any atom is 0.244 e. The molecular weight excluding hydrogens is 445 g/mol. The van der Waals surface area contributed by atoms with Gasteiger partial charge in [-0.1, -0.05) is 12.1 Å². The molecule has 0 aliphatic carbocycles. The van der Waals surface area contributed by atoms with Crippen molar-refractivity contribution >= 4 is 25.8 Å². The number of hydrogen-bond donors (Lipinski definition) is 0. The molecule has 1 saturated heterocycles. The molecule has 2 aromatic rings. The van der Waals surface area contributed by atoms with Gasteiger partial charge in [0.15, 0.2) is 9.84 Å². The van der Waals surface area contributed by atoms with E-state index in [1.54, 1.807) is 6.07 Å². The van der Waals surface area contributed by atoms with Crippen LogP contribution in [0.3, 0.4) is 0 Å². The number of nitrogens with zero attached hydrogens (tertiary/aromatic N) is 3. The zero-order valence-corrected chi connectivity index (χ0v) is 18.2. The highest BCUT2D eigenvalue weighted by molar-refractivity contribution is 7.92. The van der Waals surface area contributed by atoms with E-state index in [0.717, 1.165) is 24.3 Å². The number of hydrogen-bond acceptors (Lipinski definition) is 6. The second-order valence-corrected chi connectivity index (χ2v) is 11.2. The van der Waals surface area contributed by atoms with Gasteiger partial charge in [0, 0.05) is 26.2 Å². The number of nitriles is 1. The van der Waals surface area contributed by atoms with Crippen molar-refractivity contribution in [1.82, 2.24) is 9.21 Å². The van der Waals surface area contributed by atoms with Crippen molar-refractivity contribution in [3.63, 3.8) is 0 Å². The third-order valence-electron chi connectivity index (χ3n) is 5.13. The molecule has 8 nitrogen and oxygen atoms in total. The van der Waals surface area contributed by atoms with E-state index >= 15 is 0 Å². The maximum absolute atomic E-state index is 13.1. The van der Waals surface area contributed by atoms with E-state index in [0.29, 0.717) is 0 Å². The molecule has 0 N–H and O–H groups in total. The predicted octanol–water partition coefficient (Wildman–Crippen LogP) is 1.39. The molecule has 1 atom stereocenters. The number of amides is 1. The van der Waals surface area contributed by atoms with Crippen LogP contribution in [-0.4, -0.2) is 63.4 Å². The fourth-order valence-corrected chi connectivity index (χ4v) is 6.19. The molecule has 3 rings (SSSR count). The monoisotopic (exact) mass is 465 g/mol. The molecular formula is C20H20FN3O5S2. The van der Waals surface area contributed by atoms with Crippen LogP contribution in [-0.2, 0) is 24.7 Å². The van der Waals surface area contributed by atoms with Gasteiger partial charge in [-0.3, -0.25) is 4.79 Å². The number of halogens is 1. The van der Waals surface area contributed by atoms with Crippen molar-refractivity contribution in [3.05, 3.63) is 59.9 Å². The molecule has 0 radical (unpaired) electrons. The highest BCUT2D eigenvalue weighted by atomic mass is 32.2. The second-order valence-electron chi connectivity index (χ2n) is 6.98. The van der Waals surface area contributed by atoms with Crippen LogP contribution in [0.15, 0.2) is 58.3 Å². The summed E-state index contributed by atoms with van der Waals surface area (Å²) in [5.74, 6) is -1.24. The van der Waals surface area contributed by atoms with Crippen LogP contribution in [0, 0.1) is 17.1 Å². The molecule has 0 bridgehead atoms. The Labute approximate surface area is 180 Å². The van der Waals surface area contributed by atoms with Crippen LogP contribution in [0.2, 0.25) is 0 Å². The van der Waals surface area contributed by atoms with Crippen molar-refractivity contribution in [2.75, 3.05) is 26.2 Å². The molecule has 164 valence electrons. The Bertz CT molecular complexity index is 1230. The number of piperazine rings is 1. The Morgan fingerprint density at radius 1 is 1.00 bits per heavy atom. The van der Waals surface area contributed by atoms with Crippen molar-refractivity contribution in [1.29, 1.82) is 5.26 Å². The van der Waals surface area contributed by atoms with Crippen molar-refractivity contribution in [3.8, 4) is 6.07 Å². The topological polar surface area (TPSA) is 116 Å². The summed E-state index contributed by atoms with van der Waals surface area (Å²) >= 11 is 0. The fraction of sp³-hybridized carbons (Fsp3) is 0.300. The highest BCUT2D eigenvalue weighted by Crippen LogP contribution is 2.23. The predicted molar refractivity (Wildman–Crippen MR) is 110 cm³/mol. The Hall–Kier alpha value is -2.81. The summed E-state index contributed by atoms with van der Waals surface area (Å²) in [6.07, 6.45) is 0. The number of sulfone groups is 1. The third kappa shape index (κ3) is 4.46. The second kappa shape index (κ2) is 8.74. The Kier molecular flexibility index (Phi) is 6.45. The smallest absolute Gasteiger partial charge is 0.244 e. The largest absolute Gasteiger partial charge is 0.339 e. The number of carbonyl (C=O) groups excluding carboxylic acids is 1. The van der Waals surface area contributed by atoms with Crippen molar-refractivity contribution in [2.24, 2.45) is 0 Å². The van der Waals surface area contributed by atoms with Gasteiger partial charge in [-0.25, -0.2) is 21.2 Å². The summed E-state index contributed by atoms with van der Waals surface area (Å²) in [4.78, 5) is 13.8. The zero-order chi connectivity index (χ0) is 22.8. The van der Waals surface area contributed by atoms with Gasteiger partial charge in [-0.05, 0) is 43.3 Å². The minimum absolute atomic E-state index is 0.00998. The maximum atomic E-state index is 13.1. The summed E-state index contributed by atoms with van der Waals surface area (Å²) in [7, 11) is -7.95. The number of sulfonamides is 1. The lowest BCUT2D eigenvalue weighted by molar-refractivity contribution is -0.131. The van der Waals surface area contributed by atoms with Gasteiger partial charge < -0.3 is 4.90 Å². The van der Waals surface area contributed by atoms with Crippen LogP contribution in [0.25, 0.3) is 0 Å². The Morgan fingerprint density at radius 3 is 2.16 bits per heavy atom. The molecule has 1 aliphatic rings. The van der Waals surface area contributed by atoms with E-state index in [-0.39, 0.29) is 41.5 Å². The summed E-state index contributed by atoms with van der Waals surface area (Å²) < 4.78 is 65.4. The molecule has 2 aromatic carbocycles. The summed E-state index contributed by atoms with van der Waals surface area (Å²) in [6, 6.07) is 11.9. The lowest BCUT2D eigenvalue weighted by Crippen LogP contribution is -2.53. The SMILES string of the molecule is CC(C(=O)N1CCN(S(=O)(=O)c2ccccc2C#N)CC1)S(=O)(=O)c1ccc(F)cc1. The van der Waals surface area contributed by atoms with Crippen LogP contribution in [0.5, 0.6) is 0 Å². The van der Waals surface area contributed by atoms with E-state index in [9.17, 15) is 31.3 Å². The normalized spacial score (nSPS) is 16.5. The van der Waals surface area contributed by atoms with Gasteiger partial charge in [0.25, 0.3) is 0 Å². The van der Waals surface area contributed by atoms with E-state index in [2.05, 4.69) is 0 Å². The molecule has 1 aliphatic heterocycles. The van der Waals surface area contributed by atoms with Gasteiger partial charge in [-0.2, -0.15) is 9.57 Å². The average Bonchev–Trinajstić information content (AvgIpc) is 2.78. The molecule has 1 fully saturated rings. The molecule has 1 amide bonds. The molecule has 0 saturated carbocycles. The van der Waals surface area contributed by atoms with Crippen LogP contribution in [0.1, 0.15) is 12.5 Å². The lowest BCUT2D eigenvalue weighted by Gasteiger charge is -2.35. The van der Waals surface area contributed by atoms with E-state index in [1.807, 2.05) is 6.07 Å². The van der Waals surface area contributed by atoms with Gasteiger partial charge in [0.2, 0.25) is 15.9 Å². The van der Waals surface area contributed by atoms with Gasteiger partial charge >= 0.3 is 0 Å².